The Balaban J connectivity index is 2.90. The van der Waals surface area contributed by atoms with Crippen LogP contribution in [0.2, 0.25) is 5.02 Å². The van der Waals surface area contributed by atoms with Gasteiger partial charge in [0.2, 0.25) is 10.0 Å². The Morgan fingerprint density at radius 2 is 2.00 bits per heavy atom. The highest BCUT2D eigenvalue weighted by Gasteiger charge is 2.19. The van der Waals surface area contributed by atoms with Gasteiger partial charge in [0.25, 0.3) is 0 Å². The average molecular weight is 291 g/mol. The highest BCUT2D eigenvalue weighted by molar-refractivity contribution is 7.89. The van der Waals surface area contributed by atoms with Gasteiger partial charge in [0.15, 0.2) is 0 Å². The summed E-state index contributed by atoms with van der Waals surface area (Å²) in [6, 6.07) is 4.58. The van der Waals surface area contributed by atoms with Gasteiger partial charge in [0.05, 0.1) is 4.90 Å². The van der Waals surface area contributed by atoms with E-state index in [1.807, 2.05) is 13.8 Å². The first-order valence-electron chi connectivity index (χ1n) is 5.75. The lowest BCUT2D eigenvalue weighted by Gasteiger charge is -2.17. The van der Waals surface area contributed by atoms with E-state index in [9.17, 15) is 8.42 Å². The molecule has 1 unspecified atom stereocenters. The Bertz CT molecular complexity index is 515. The third kappa shape index (κ3) is 3.95. The van der Waals surface area contributed by atoms with Crippen molar-refractivity contribution < 1.29 is 8.42 Å². The fraction of sp³-hybridized carbons (Fsp3) is 0.500. The molecule has 0 saturated carbocycles. The molecule has 0 aliphatic rings. The average Bonchev–Trinajstić information content (AvgIpc) is 2.29. The molecule has 3 N–H and O–H groups in total. The Morgan fingerprint density at radius 3 is 2.56 bits per heavy atom. The second kappa shape index (κ2) is 6.02. The molecule has 1 atom stereocenters. The predicted octanol–water partition coefficient (Wildman–Crippen LogP) is 1.91. The van der Waals surface area contributed by atoms with Crippen molar-refractivity contribution in [2.24, 2.45) is 11.7 Å². The fourth-order valence-electron chi connectivity index (χ4n) is 1.38. The molecule has 1 rings (SSSR count). The van der Waals surface area contributed by atoms with Gasteiger partial charge < -0.3 is 5.73 Å². The largest absolute Gasteiger partial charge is 0.326 e. The number of nitrogens with one attached hydrogen (secondary N) is 1. The molecule has 0 heterocycles. The van der Waals surface area contributed by atoms with Gasteiger partial charge in [-0.05, 0) is 30.5 Å². The molecular formula is C12H19ClN2O2S. The lowest BCUT2D eigenvalue weighted by Crippen LogP contribution is -2.40. The van der Waals surface area contributed by atoms with Crippen LogP contribution in [0.4, 0.5) is 0 Å². The van der Waals surface area contributed by atoms with Crippen LogP contribution in [0.1, 0.15) is 19.4 Å². The summed E-state index contributed by atoms with van der Waals surface area (Å²) in [5, 5.41) is 0.397. The van der Waals surface area contributed by atoms with Gasteiger partial charge in [-0.25, -0.2) is 13.1 Å². The molecule has 1 aromatic carbocycles. The second-order valence-corrected chi connectivity index (χ2v) is 6.84. The summed E-state index contributed by atoms with van der Waals surface area (Å²) in [6.45, 7) is 5.84. The lowest BCUT2D eigenvalue weighted by atomic mass is 10.1. The van der Waals surface area contributed by atoms with Gasteiger partial charge in [-0.2, -0.15) is 0 Å². The zero-order valence-corrected chi connectivity index (χ0v) is 12.3. The Hall–Kier alpha value is -0.620. The minimum Gasteiger partial charge on any atom is -0.326 e. The summed E-state index contributed by atoms with van der Waals surface area (Å²) < 4.78 is 26.7. The molecule has 1 aromatic rings. The molecule has 6 heteroatoms. The summed E-state index contributed by atoms with van der Waals surface area (Å²) >= 11 is 5.82. The standard InChI is InChI=1S/C12H19ClN2O2S/c1-8(2)11(14)7-15-18(16,17)12-6-10(13)5-4-9(12)3/h4-6,8,11,15H,7,14H2,1-3H3. The van der Waals surface area contributed by atoms with Gasteiger partial charge in [-0.3, -0.25) is 0 Å². The van der Waals surface area contributed by atoms with Crippen LogP contribution < -0.4 is 10.5 Å². The molecule has 0 aromatic heterocycles. The van der Waals surface area contributed by atoms with Crippen molar-refractivity contribution in [1.82, 2.24) is 4.72 Å². The molecule has 0 radical (unpaired) electrons. The van der Waals surface area contributed by atoms with Crippen LogP contribution in [0.3, 0.4) is 0 Å². The number of hydrogen-bond donors (Lipinski definition) is 2. The van der Waals surface area contributed by atoms with Crippen molar-refractivity contribution >= 4 is 21.6 Å². The van der Waals surface area contributed by atoms with Crippen molar-refractivity contribution in [1.29, 1.82) is 0 Å². The van der Waals surface area contributed by atoms with Gasteiger partial charge in [0.1, 0.15) is 0 Å². The molecule has 0 amide bonds. The number of halogens is 1. The van der Waals surface area contributed by atoms with Gasteiger partial charge >= 0.3 is 0 Å². The maximum atomic E-state index is 12.1. The van der Waals surface area contributed by atoms with E-state index in [1.54, 1.807) is 19.1 Å². The molecule has 0 aliphatic carbocycles. The monoisotopic (exact) mass is 290 g/mol. The predicted molar refractivity (Wildman–Crippen MR) is 74.2 cm³/mol. The number of aryl methyl sites for hydroxylation is 1. The van der Waals surface area contributed by atoms with E-state index < -0.39 is 10.0 Å². The first-order chi connectivity index (χ1) is 8.24. The summed E-state index contributed by atoms with van der Waals surface area (Å²) in [6.07, 6.45) is 0. The first kappa shape index (κ1) is 15.4. The molecule has 0 aliphatic heterocycles. The third-order valence-corrected chi connectivity index (χ3v) is 4.61. The van der Waals surface area contributed by atoms with Crippen LogP contribution in [0.25, 0.3) is 0 Å². The number of sulfonamides is 1. The number of benzene rings is 1. The minimum atomic E-state index is -3.56. The van der Waals surface area contributed by atoms with Crippen LogP contribution in [-0.2, 0) is 10.0 Å². The molecule has 0 spiro atoms. The van der Waals surface area contributed by atoms with Crippen molar-refractivity contribution in [3.8, 4) is 0 Å². The van der Waals surface area contributed by atoms with E-state index in [4.69, 9.17) is 17.3 Å². The van der Waals surface area contributed by atoms with Gasteiger partial charge in [-0.15, -0.1) is 0 Å². The van der Waals surface area contributed by atoms with E-state index >= 15 is 0 Å². The van der Waals surface area contributed by atoms with E-state index in [1.165, 1.54) is 6.07 Å². The Labute approximate surface area is 114 Å². The Morgan fingerprint density at radius 1 is 1.39 bits per heavy atom. The quantitative estimate of drug-likeness (QED) is 0.870. The number of nitrogens with two attached hydrogens (primary N) is 1. The highest BCUT2D eigenvalue weighted by Crippen LogP contribution is 2.19. The normalized spacial score (nSPS) is 13.9. The van der Waals surface area contributed by atoms with Gasteiger partial charge in [0, 0.05) is 17.6 Å². The molecule has 18 heavy (non-hydrogen) atoms. The third-order valence-electron chi connectivity index (χ3n) is 2.81. The maximum Gasteiger partial charge on any atom is 0.240 e. The summed E-state index contributed by atoms with van der Waals surface area (Å²) in [7, 11) is -3.56. The van der Waals surface area contributed by atoms with Crippen molar-refractivity contribution in [3.05, 3.63) is 28.8 Å². The van der Waals surface area contributed by atoms with Crippen molar-refractivity contribution in [2.45, 2.75) is 31.7 Å². The van der Waals surface area contributed by atoms with E-state index in [-0.39, 0.29) is 23.4 Å². The van der Waals surface area contributed by atoms with Crippen molar-refractivity contribution in [2.75, 3.05) is 6.54 Å². The lowest BCUT2D eigenvalue weighted by molar-refractivity contribution is 0.481. The topological polar surface area (TPSA) is 72.2 Å². The molecule has 102 valence electrons. The van der Waals surface area contributed by atoms with E-state index in [2.05, 4.69) is 4.72 Å². The Kier molecular flexibility index (Phi) is 5.16. The zero-order chi connectivity index (χ0) is 13.9. The van der Waals surface area contributed by atoms with E-state index in [0.717, 1.165) is 0 Å². The van der Waals surface area contributed by atoms with Gasteiger partial charge in [-0.1, -0.05) is 31.5 Å². The maximum absolute atomic E-state index is 12.1. The van der Waals surface area contributed by atoms with Crippen LogP contribution in [0, 0.1) is 12.8 Å². The van der Waals surface area contributed by atoms with E-state index in [0.29, 0.717) is 10.6 Å². The first-order valence-corrected chi connectivity index (χ1v) is 7.61. The molecule has 0 saturated heterocycles. The van der Waals surface area contributed by atoms with Crippen LogP contribution >= 0.6 is 11.6 Å². The van der Waals surface area contributed by atoms with Crippen molar-refractivity contribution in [3.63, 3.8) is 0 Å². The smallest absolute Gasteiger partial charge is 0.240 e. The molecule has 0 fully saturated rings. The molecule has 4 nitrogen and oxygen atoms in total. The fourth-order valence-corrected chi connectivity index (χ4v) is 2.96. The number of hydrogen-bond acceptors (Lipinski definition) is 3. The van der Waals surface area contributed by atoms with Crippen LogP contribution in [0.15, 0.2) is 23.1 Å². The highest BCUT2D eigenvalue weighted by atomic mass is 35.5. The van der Waals surface area contributed by atoms with Crippen LogP contribution in [-0.4, -0.2) is 21.0 Å². The SMILES string of the molecule is Cc1ccc(Cl)cc1S(=O)(=O)NCC(N)C(C)C. The minimum absolute atomic E-state index is 0.200. The summed E-state index contributed by atoms with van der Waals surface area (Å²) in [5.41, 5.74) is 6.47. The number of rotatable bonds is 5. The van der Waals surface area contributed by atoms with Crippen LogP contribution in [0.5, 0.6) is 0 Å². The second-order valence-electron chi connectivity index (χ2n) is 4.67. The summed E-state index contributed by atoms with van der Waals surface area (Å²) in [5.74, 6) is 0.216. The molecular weight excluding hydrogens is 272 g/mol. The summed E-state index contributed by atoms with van der Waals surface area (Å²) in [4.78, 5) is 0.200. The molecule has 0 bridgehead atoms. The zero-order valence-electron chi connectivity index (χ0n) is 10.8.